The van der Waals surface area contributed by atoms with E-state index in [0.717, 1.165) is 50.6 Å². The van der Waals surface area contributed by atoms with Crippen molar-refractivity contribution in [1.82, 2.24) is 15.1 Å². The standard InChI is InChI=1S/C19H37N3O2/c1-15-11-16(2)13-22(12-15)10-6-9-20-19(24)21(3)14-17-7-4-5-8-18(17)23/h15-18,23H,4-14H2,1-3H3,(H,20,24). The summed E-state index contributed by atoms with van der Waals surface area (Å²) in [5.74, 6) is 1.82. The van der Waals surface area contributed by atoms with Crippen LogP contribution in [0.5, 0.6) is 0 Å². The first-order valence-corrected chi connectivity index (χ1v) is 9.85. The van der Waals surface area contributed by atoms with Crippen molar-refractivity contribution in [1.29, 1.82) is 0 Å². The fourth-order valence-electron chi connectivity index (χ4n) is 4.44. The van der Waals surface area contributed by atoms with Crippen molar-refractivity contribution in [3.05, 3.63) is 0 Å². The van der Waals surface area contributed by atoms with Crippen molar-refractivity contribution in [3.8, 4) is 0 Å². The van der Waals surface area contributed by atoms with E-state index in [4.69, 9.17) is 0 Å². The first kappa shape index (κ1) is 19.5. The van der Waals surface area contributed by atoms with E-state index in [0.29, 0.717) is 6.54 Å². The van der Waals surface area contributed by atoms with Gasteiger partial charge < -0.3 is 20.2 Å². The molecule has 0 aromatic heterocycles. The molecular formula is C19H37N3O2. The van der Waals surface area contributed by atoms with E-state index in [2.05, 4.69) is 24.1 Å². The van der Waals surface area contributed by atoms with E-state index >= 15 is 0 Å². The third kappa shape index (κ3) is 6.25. The molecule has 2 aliphatic rings. The molecule has 1 aliphatic heterocycles. The second-order valence-corrected chi connectivity index (χ2v) is 8.28. The number of rotatable bonds is 6. The summed E-state index contributed by atoms with van der Waals surface area (Å²) in [6, 6.07) is -0.00634. The fraction of sp³-hybridized carbons (Fsp3) is 0.947. The number of likely N-dealkylation sites (tertiary alicyclic amines) is 1. The molecule has 4 atom stereocenters. The van der Waals surface area contributed by atoms with E-state index < -0.39 is 0 Å². The van der Waals surface area contributed by atoms with E-state index in [1.807, 2.05) is 7.05 Å². The maximum absolute atomic E-state index is 12.2. The third-order valence-electron chi connectivity index (χ3n) is 5.60. The first-order valence-electron chi connectivity index (χ1n) is 9.85. The van der Waals surface area contributed by atoms with Crippen LogP contribution in [0.15, 0.2) is 0 Å². The molecule has 2 fully saturated rings. The van der Waals surface area contributed by atoms with Gasteiger partial charge in [-0.2, -0.15) is 0 Å². The van der Waals surface area contributed by atoms with E-state index in [-0.39, 0.29) is 18.1 Å². The van der Waals surface area contributed by atoms with Gasteiger partial charge in [0.25, 0.3) is 0 Å². The van der Waals surface area contributed by atoms with E-state index in [9.17, 15) is 9.90 Å². The molecule has 2 rings (SSSR count). The van der Waals surface area contributed by atoms with Crippen molar-refractivity contribution in [2.45, 2.75) is 58.5 Å². The van der Waals surface area contributed by atoms with Crippen LogP contribution in [0.4, 0.5) is 4.79 Å². The second-order valence-electron chi connectivity index (χ2n) is 8.28. The van der Waals surface area contributed by atoms with Crippen molar-refractivity contribution in [2.24, 2.45) is 17.8 Å². The van der Waals surface area contributed by atoms with Crippen LogP contribution in [0.25, 0.3) is 0 Å². The zero-order valence-electron chi connectivity index (χ0n) is 15.8. The van der Waals surface area contributed by atoms with Crippen LogP contribution in [0.2, 0.25) is 0 Å². The van der Waals surface area contributed by atoms with Crippen molar-refractivity contribution in [3.63, 3.8) is 0 Å². The molecule has 1 saturated heterocycles. The lowest BCUT2D eigenvalue weighted by Gasteiger charge is -2.35. The van der Waals surface area contributed by atoms with Crippen LogP contribution in [0, 0.1) is 17.8 Å². The van der Waals surface area contributed by atoms with E-state index in [1.54, 1.807) is 4.90 Å². The van der Waals surface area contributed by atoms with Gasteiger partial charge in [-0.15, -0.1) is 0 Å². The average Bonchev–Trinajstić information content (AvgIpc) is 2.52. The lowest BCUT2D eigenvalue weighted by Crippen LogP contribution is -2.44. The number of hydrogen-bond donors (Lipinski definition) is 2. The quantitative estimate of drug-likeness (QED) is 0.731. The number of nitrogens with one attached hydrogen (secondary N) is 1. The summed E-state index contributed by atoms with van der Waals surface area (Å²) < 4.78 is 0. The normalized spacial score (nSPS) is 31.7. The molecule has 140 valence electrons. The van der Waals surface area contributed by atoms with Crippen LogP contribution in [-0.4, -0.2) is 66.8 Å². The monoisotopic (exact) mass is 339 g/mol. The Bertz CT molecular complexity index is 381. The summed E-state index contributed by atoms with van der Waals surface area (Å²) in [5.41, 5.74) is 0. The largest absolute Gasteiger partial charge is 0.393 e. The molecule has 2 amide bonds. The molecule has 4 unspecified atom stereocenters. The molecular weight excluding hydrogens is 302 g/mol. The lowest BCUT2D eigenvalue weighted by atomic mass is 9.86. The Balaban J connectivity index is 1.60. The van der Waals surface area contributed by atoms with Crippen LogP contribution in [0.3, 0.4) is 0 Å². The molecule has 0 aromatic rings. The van der Waals surface area contributed by atoms with Gasteiger partial charge >= 0.3 is 6.03 Å². The maximum atomic E-state index is 12.2. The molecule has 1 heterocycles. The minimum Gasteiger partial charge on any atom is -0.393 e. The number of aliphatic hydroxyl groups is 1. The Hall–Kier alpha value is -0.810. The minimum absolute atomic E-state index is 0.00634. The van der Waals surface area contributed by atoms with Crippen LogP contribution in [0.1, 0.15) is 52.4 Å². The van der Waals surface area contributed by atoms with Gasteiger partial charge in [0.05, 0.1) is 6.10 Å². The molecule has 0 radical (unpaired) electrons. The number of hydrogen-bond acceptors (Lipinski definition) is 3. The van der Waals surface area contributed by atoms with Gasteiger partial charge in [0.15, 0.2) is 0 Å². The Labute approximate surface area is 147 Å². The van der Waals surface area contributed by atoms with Crippen LogP contribution >= 0.6 is 0 Å². The average molecular weight is 340 g/mol. The molecule has 0 aromatic carbocycles. The highest BCUT2D eigenvalue weighted by molar-refractivity contribution is 5.73. The predicted molar refractivity (Wildman–Crippen MR) is 98.0 cm³/mol. The molecule has 2 N–H and O–H groups in total. The van der Waals surface area contributed by atoms with E-state index in [1.165, 1.54) is 25.9 Å². The fourth-order valence-corrected chi connectivity index (χ4v) is 4.44. The van der Waals surface area contributed by atoms with Crippen LogP contribution < -0.4 is 5.32 Å². The Morgan fingerprint density at radius 3 is 2.54 bits per heavy atom. The minimum atomic E-state index is -0.239. The van der Waals surface area contributed by atoms with Crippen molar-refractivity contribution >= 4 is 6.03 Å². The Kier molecular flexibility index (Phi) is 7.82. The molecule has 1 saturated carbocycles. The van der Waals surface area contributed by atoms with Gasteiger partial charge in [0.2, 0.25) is 0 Å². The highest BCUT2D eigenvalue weighted by Gasteiger charge is 2.25. The SMILES string of the molecule is CC1CC(C)CN(CCCNC(=O)N(C)CC2CCCCC2O)C1. The summed E-state index contributed by atoms with van der Waals surface area (Å²) in [4.78, 5) is 16.5. The van der Waals surface area contributed by atoms with Gasteiger partial charge in [-0.3, -0.25) is 0 Å². The van der Waals surface area contributed by atoms with Gasteiger partial charge in [-0.05, 0) is 44.1 Å². The Morgan fingerprint density at radius 1 is 1.21 bits per heavy atom. The summed E-state index contributed by atoms with van der Waals surface area (Å²) in [6.07, 6.45) is 6.30. The number of carbonyl (C=O) groups is 1. The summed E-state index contributed by atoms with van der Waals surface area (Å²) >= 11 is 0. The molecule has 0 spiro atoms. The molecule has 24 heavy (non-hydrogen) atoms. The number of piperidine rings is 1. The lowest BCUT2D eigenvalue weighted by molar-refractivity contribution is 0.0565. The number of amides is 2. The highest BCUT2D eigenvalue weighted by Crippen LogP contribution is 2.25. The summed E-state index contributed by atoms with van der Waals surface area (Å²) in [7, 11) is 1.84. The molecule has 0 bridgehead atoms. The zero-order valence-corrected chi connectivity index (χ0v) is 15.8. The first-order chi connectivity index (χ1) is 11.5. The number of aliphatic hydroxyl groups excluding tert-OH is 1. The predicted octanol–water partition coefficient (Wildman–Crippen LogP) is 2.55. The highest BCUT2D eigenvalue weighted by atomic mass is 16.3. The third-order valence-corrected chi connectivity index (χ3v) is 5.60. The number of nitrogens with zero attached hydrogens (tertiary/aromatic N) is 2. The number of urea groups is 1. The summed E-state index contributed by atoms with van der Waals surface area (Å²) in [6.45, 7) is 9.51. The van der Waals surface area contributed by atoms with Gasteiger partial charge in [0, 0.05) is 39.1 Å². The molecule has 5 heteroatoms. The van der Waals surface area contributed by atoms with Crippen molar-refractivity contribution < 1.29 is 9.90 Å². The molecule has 5 nitrogen and oxygen atoms in total. The zero-order chi connectivity index (χ0) is 17.5. The van der Waals surface area contributed by atoms with Gasteiger partial charge in [-0.25, -0.2) is 4.79 Å². The number of carbonyl (C=O) groups excluding carboxylic acids is 1. The second kappa shape index (κ2) is 9.62. The van der Waals surface area contributed by atoms with Gasteiger partial charge in [-0.1, -0.05) is 26.7 Å². The molecule has 1 aliphatic carbocycles. The summed E-state index contributed by atoms with van der Waals surface area (Å²) in [5, 5.41) is 13.1. The smallest absolute Gasteiger partial charge is 0.317 e. The maximum Gasteiger partial charge on any atom is 0.317 e. The van der Waals surface area contributed by atoms with Crippen LogP contribution in [-0.2, 0) is 0 Å². The topological polar surface area (TPSA) is 55.8 Å². The Morgan fingerprint density at radius 2 is 1.88 bits per heavy atom. The van der Waals surface area contributed by atoms with Crippen molar-refractivity contribution in [2.75, 3.05) is 39.8 Å². The van der Waals surface area contributed by atoms with Gasteiger partial charge in [0.1, 0.15) is 0 Å².